The smallest absolute Gasteiger partial charge is 0.244 e. The monoisotopic (exact) mass is 382 g/mol. The van der Waals surface area contributed by atoms with Gasteiger partial charge in [-0.2, -0.15) is 0 Å². The number of benzene rings is 2. The second-order valence-corrected chi connectivity index (χ2v) is 5.78. The van der Waals surface area contributed by atoms with E-state index in [0.717, 1.165) is 20.2 Å². The summed E-state index contributed by atoms with van der Waals surface area (Å²) in [6.45, 7) is 0. The van der Waals surface area contributed by atoms with Gasteiger partial charge in [0.25, 0.3) is 0 Å². The standard InChI is InChI=1S/C14H12Br2N2O/c15-10-5-3-4-9(8-10)13(14(17)19)18-12-7-2-1-6-11(12)16/h1-8,13,18H,(H2,17,19). The molecule has 0 bridgehead atoms. The van der Waals surface area contributed by atoms with Crippen LogP contribution < -0.4 is 11.1 Å². The maximum atomic E-state index is 11.7. The molecule has 1 atom stereocenters. The first kappa shape index (κ1) is 14.1. The average Bonchev–Trinajstić information content (AvgIpc) is 2.37. The summed E-state index contributed by atoms with van der Waals surface area (Å²) >= 11 is 6.83. The highest BCUT2D eigenvalue weighted by molar-refractivity contribution is 9.10. The van der Waals surface area contributed by atoms with E-state index >= 15 is 0 Å². The van der Waals surface area contributed by atoms with E-state index in [1.807, 2.05) is 48.5 Å². The van der Waals surface area contributed by atoms with Gasteiger partial charge in [0.05, 0.1) is 0 Å². The minimum absolute atomic E-state index is 0.422. The van der Waals surface area contributed by atoms with Crippen molar-refractivity contribution in [1.29, 1.82) is 0 Å². The molecule has 0 aliphatic rings. The highest BCUT2D eigenvalue weighted by Crippen LogP contribution is 2.27. The zero-order valence-corrected chi connectivity index (χ0v) is 13.1. The number of nitrogens with two attached hydrogens (primary N) is 1. The summed E-state index contributed by atoms with van der Waals surface area (Å²) in [5.74, 6) is -0.422. The lowest BCUT2D eigenvalue weighted by Gasteiger charge is -2.18. The Morgan fingerprint density at radius 2 is 1.84 bits per heavy atom. The molecule has 0 saturated heterocycles. The summed E-state index contributed by atoms with van der Waals surface area (Å²) in [5, 5.41) is 3.15. The molecular weight excluding hydrogens is 372 g/mol. The number of anilines is 1. The molecule has 3 N–H and O–H groups in total. The molecule has 0 heterocycles. The van der Waals surface area contributed by atoms with E-state index in [-0.39, 0.29) is 0 Å². The summed E-state index contributed by atoms with van der Waals surface area (Å²) < 4.78 is 1.79. The molecule has 0 radical (unpaired) electrons. The normalized spacial score (nSPS) is 11.9. The molecule has 5 heteroatoms. The van der Waals surface area contributed by atoms with Crippen molar-refractivity contribution in [3.8, 4) is 0 Å². The van der Waals surface area contributed by atoms with Crippen LogP contribution in [0.15, 0.2) is 57.5 Å². The predicted molar refractivity (Wildman–Crippen MR) is 83.8 cm³/mol. The molecule has 3 nitrogen and oxygen atoms in total. The molecule has 1 amide bonds. The Kier molecular flexibility index (Phi) is 4.61. The predicted octanol–water partition coefficient (Wildman–Crippen LogP) is 3.85. The Morgan fingerprint density at radius 1 is 1.11 bits per heavy atom. The van der Waals surface area contributed by atoms with E-state index in [1.54, 1.807) is 0 Å². The molecule has 0 spiro atoms. The van der Waals surface area contributed by atoms with Crippen molar-refractivity contribution >= 4 is 43.5 Å². The Hall–Kier alpha value is -1.33. The van der Waals surface area contributed by atoms with Gasteiger partial charge in [-0.05, 0) is 45.8 Å². The Bertz CT molecular complexity index is 602. The Labute approximate surface area is 128 Å². The molecule has 0 aliphatic heterocycles. The molecule has 0 saturated carbocycles. The highest BCUT2D eigenvalue weighted by Gasteiger charge is 2.18. The van der Waals surface area contributed by atoms with Crippen LogP contribution in [-0.4, -0.2) is 5.91 Å². The molecule has 19 heavy (non-hydrogen) atoms. The Balaban J connectivity index is 2.32. The van der Waals surface area contributed by atoms with Crippen LogP contribution in [0.3, 0.4) is 0 Å². The maximum Gasteiger partial charge on any atom is 0.244 e. The van der Waals surface area contributed by atoms with Crippen LogP contribution in [0.5, 0.6) is 0 Å². The summed E-state index contributed by atoms with van der Waals surface area (Å²) in [4.78, 5) is 11.7. The lowest BCUT2D eigenvalue weighted by atomic mass is 10.1. The van der Waals surface area contributed by atoms with Gasteiger partial charge in [0, 0.05) is 14.6 Å². The van der Waals surface area contributed by atoms with Gasteiger partial charge in [-0.3, -0.25) is 4.79 Å². The Morgan fingerprint density at radius 3 is 2.47 bits per heavy atom. The van der Waals surface area contributed by atoms with Crippen LogP contribution in [0.4, 0.5) is 5.69 Å². The molecule has 2 aromatic rings. The fourth-order valence-electron chi connectivity index (χ4n) is 1.74. The number of primary amides is 1. The maximum absolute atomic E-state index is 11.7. The third kappa shape index (κ3) is 3.58. The number of para-hydroxylation sites is 1. The van der Waals surface area contributed by atoms with E-state index in [9.17, 15) is 4.79 Å². The van der Waals surface area contributed by atoms with E-state index in [4.69, 9.17) is 5.73 Å². The first-order chi connectivity index (χ1) is 9.08. The number of carbonyl (C=O) groups excluding carboxylic acids is 1. The first-order valence-corrected chi connectivity index (χ1v) is 7.22. The van der Waals surface area contributed by atoms with Gasteiger partial charge in [-0.15, -0.1) is 0 Å². The number of halogens is 2. The quantitative estimate of drug-likeness (QED) is 0.842. The second-order valence-electron chi connectivity index (χ2n) is 4.01. The van der Waals surface area contributed by atoms with Gasteiger partial charge in [0.1, 0.15) is 6.04 Å². The van der Waals surface area contributed by atoms with Crippen molar-refractivity contribution in [3.63, 3.8) is 0 Å². The van der Waals surface area contributed by atoms with Crippen LogP contribution in [0.2, 0.25) is 0 Å². The van der Waals surface area contributed by atoms with Gasteiger partial charge in [0.2, 0.25) is 5.91 Å². The molecule has 2 rings (SSSR count). The number of rotatable bonds is 4. The fourth-order valence-corrected chi connectivity index (χ4v) is 2.55. The van der Waals surface area contributed by atoms with E-state index in [0.29, 0.717) is 0 Å². The van der Waals surface area contributed by atoms with Crippen LogP contribution in [-0.2, 0) is 4.79 Å². The van der Waals surface area contributed by atoms with Gasteiger partial charge < -0.3 is 11.1 Å². The van der Waals surface area contributed by atoms with Gasteiger partial charge >= 0.3 is 0 Å². The van der Waals surface area contributed by atoms with Gasteiger partial charge in [-0.1, -0.05) is 40.2 Å². The van der Waals surface area contributed by atoms with Crippen LogP contribution in [0.1, 0.15) is 11.6 Å². The van der Waals surface area contributed by atoms with Crippen molar-refractivity contribution < 1.29 is 4.79 Å². The number of amides is 1. The van der Waals surface area contributed by atoms with Crippen LogP contribution >= 0.6 is 31.9 Å². The lowest BCUT2D eigenvalue weighted by molar-refractivity contribution is -0.118. The van der Waals surface area contributed by atoms with Crippen molar-refractivity contribution in [1.82, 2.24) is 0 Å². The second kappa shape index (κ2) is 6.21. The van der Waals surface area contributed by atoms with Crippen molar-refractivity contribution in [2.45, 2.75) is 6.04 Å². The van der Waals surface area contributed by atoms with E-state index < -0.39 is 11.9 Å². The van der Waals surface area contributed by atoms with Gasteiger partial charge in [-0.25, -0.2) is 0 Å². The summed E-state index contributed by atoms with van der Waals surface area (Å²) in [7, 11) is 0. The minimum Gasteiger partial charge on any atom is -0.369 e. The molecule has 0 fully saturated rings. The SMILES string of the molecule is NC(=O)C(Nc1ccccc1Br)c1cccc(Br)c1. The summed E-state index contributed by atoms with van der Waals surface area (Å²) in [6, 6.07) is 14.5. The number of hydrogen-bond donors (Lipinski definition) is 2. The fraction of sp³-hybridized carbons (Fsp3) is 0.0714. The third-order valence-corrected chi connectivity index (χ3v) is 3.82. The van der Waals surface area contributed by atoms with E-state index in [2.05, 4.69) is 37.2 Å². The van der Waals surface area contributed by atoms with Crippen molar-refractivity contribution in [2.24, 2.45) is 5.73 Å². The number of nitrogens with one attached hydrogen (secondary N) is 1. The molecule has 0 aromatic heterocycles. The van der Waals surface area contributed by atoms with Crippen molar-refractivity contribution in [2.75, 3.05) is 5.32 Å². The zero-order valence-electron chi connectivity index (χ0n) is 9.94. The largest absolute Gasteiger partial charge is 0.369 e. The third-order valence-electron chi connectivity index (χ3n) is 2.64. The minimum atomic E-state index is -0.573. The number of carbonyl (C=O) groups is 1. The van der Waals surface area contributed by atoms with Crippen molar-refractivity contribution in [3.05, 3.63) is 63.0 Å². The van der Waals surface area contributed by atoms with Crippen LogP contribution in [0, 0.1) is 0 Å². The molecule has 98 valence electrons. The summed E-state index contributed by atoms with van der Waals surface area (Å²) in [5.41, 5.74) is 7.13. The first-order valence-electron chi connectivity index (χ1n) is 5.64. The summed E-state index contributed by atoms with van der Waals surface area (Å²) in [6.07, 6.45) is 0. The zero-order chi connectivity index (χ0) is 13.8. The molecule has 0 aliphatic carbocycles. The van der Waals surface area contributed by atoms with Gasteiger partial charge in [0.15, 0.2) is 0 Å². The molecule has 1 unspecified atom stereocenters. The lowest BCUT2D eigenvalue weighted by Crippen LogP contribution is -2.27. The van der Waals surface area contributed by atoms with Crippen LogP contribution in [0.25, 0.3) is 0 Å². The molecule has 2 aromatic carbocycles. The van der Waals surface area contributed by atoms with E-state index in [1.165, 1.54) is 0 Å². The topological polar surface area (TPSA) is 55.1 Å². The molecular formula is C14H12Br2N2O. The highest BCUT2D eigenvalue weighted by atomic mass is 79.9. The number of hydrogen-bond acceptors (Lipinski definition) is 2. The average molecular weight is 384 g/mol.